The lowest BCUT2D eigenvalue weighted by Gasteiger charge is -2.12. The summed E-state index contributed by atoms with van der Waals surface area (Å²) in [5.41, 5.74) is 0. The summed E-state index contributed by atoms with van der Waals surface area (Å²) in [6.07, 6.45) is 7.25. The Morgan fingerprint density at radius 1 is 1.56 bits per heavy atom. The van der Waals surface area contributed by atoms with Crippen LogP contribution in [0.1, 0.15) is 32.6 Å². The molecule has 4 heteroatoms. The summed E-state index contributed by atoms with van der Waals surface area (Å²) in [7, 11) is 0. The summed E-state index contributed by atoms with van der Waals surface area (Å²) in [5.74, 6) is -1.02. The first-order chi connectivity index (χ1) is 7.63. The predicted molar refractivity (Wildman–Crippen MR) is 60.9 cm³/mol. The van der Waals surface area contributed by atoms with Crippen LogP contribution in [0.4, 0.5) is 0 Å². The Morgan fingerprint density at radius 2 is 2.31 bits per heavy atom. The van der Waals surface area contributed by atoms with E-state index in [1.165, 1.54) is 0 Å². The van der Waals surface area contributed by atoms with Crippen LogP contribution in [0.2, 0.25) is 0 Å². The van der Waals surface area contributed by atoms with Crippen molar-refractivity contribution in [3.63, 3.8) is 0 Å². The van der Waals surface area contributed by atoms with Gasteiger partial charge in [0.15, 0.2) is 0 Å². The standard InChI is InChI=1S/C12H19NO3/c1-2-10(12(15)16)8-13-11(14)7-9-5-3-4-6-9/h3,5,9-10H,2,4,6-8H2,1H3,(H,13,14)(H,15,16). The molecule has 1 rings (SSSR count). The van der Waals surface area contributed by atoms with Gasteiger partial charge in [0.1, 0.15) is 0 Å². The van der Waals surface area contributed by atoms with Crippen LogP contribution >= 0.6 is 0 Å². The lowest BCUT2D eigenvalue weighted by atomic mass is 10.0. The van der Waals surface area contributed by atoms with Crippen molar-refractivity contribution in [2.75, 3.05) is 6.54 Å². The molecule has 0 aliphatic heterocycles. The molecular formula is C12H19NO3. The quantitative estimate of drug-likeness (QED) is 0.674. The molecule has 0 radical (unpaired) electrons. The molecule has 0 spiro atoms. The third kappa shape index (κ3) is 4.04. The molecule has 4 nitrogen and oxygen atoms in total. The van der Waals surface area contributed by atoms with E-state index < -0.39 is 11.9 Å². The van der Waals surface area contributed by atoms with Crippen molar-refractivity contribution >= 4 is 11.9 Å². The second-order valence-electron chi connectivity index (χ2n) is 4.22. The van der Waals surface area contributed by atoms with Gasteiger partial charge in [-0.05, 0) is 25.2 Å². The SMILES string of the molecule is CCC(CNC(=O)CC1C=CCC1)C(=O)O. The summed E-state index contributed by atoms with van der Waals surface area (Å²) in [6, 6.07) is 0. The van der Waals surface area contributed by atoms with E-state index in [1.54, 1.807) is 0 Å². The van der Waals surface area contributed by atoms with Crippen LogP contribution in [0.15, 0.2) is 12.2 Å². The van der Waals surface area contributed by atoms with Gasteiger partial charge >= 0.3 is 5.97 Å². The molecule has 2 atom stereocenters. The number of hydrogen-bond acceptors (Lipinski definition) is 2. The van der Waals surface area contributed by atoms with E-state index >= 15 is 0 Å². The van der Waals surface area contributed by atoms with Crippen molar-refractivity contribution in [1.82, 2.24) is 5.32 Å². The Hall–Kier alpha value is -1.32. The Labute approximate surface area is 95.7 Å². The lowest BCUT2D eigenvalue weighted by Crippen LogP contribution is -2.33. The number of allylic oxidation sites excluding steroid dienone is 2. The van der Waals surface area contributed by atoms with Crippen LogP contribution in [0.5, 0.6) is 0 Å². The minimum Gasteiger partial charge on any atom is -0.481 e. The second-order valence-corrected chi connectivity index (χ2v) is 4.22. The minimum atomic E-state index is -0.844. The van der Waals surface area contributed by atoms with E-state index in [1.807, 2.05) is 6.92 Å². The Kier molecular flexibility index (Phi) is 5.02. The number of aliphatic carboxylic acids is 1. The third-order valence-electron chi connectivity index (χ3n) is 2.95. The molecule has 0 aromatic heterocycles. The maximum atomic E-state index is 11.5. The maximum Gasteiger partial charge on any atom is 0.308 e. The van der Waals surface area contributed by atoms with Gasteiger partial charge in [0.2, 0.25) is 5.91 Å². The Balaban J connectivity index is 2.23. The van der Waals surface area contributed by atoms with E-state index in [-0.39, 0.29) is 12.5 Å². The molecule has 0 fully saturated rings. The molecule has 16 heavy (non-hydrogen) atoms. The van der Waals surface area contributed by atoms with E-state index in [0.29, 0.717) is 18.8 Å². The van der Waals surface area contributed by atoms with E-state index in [9.17, 15) is 9.59 Å². The third-order valence-corrected chi connectivity index (χ3v) is 2.95. The van der Waals surface area contributed by atoms with Gasteiger partial charge in [-0.25, -0.2) is 0 Å². The van der Waals surface area contributed by atoms with Crippen molar-refractivity contribution in [2.24, 2.45) is 11.8 Å². The molecule has 2 N–H and O–H groups in total. The normalized spacial score (nSPS) is 20.7. The molecule has 0 bridgehead atoms. The zero-order valence-electron chi connectivity index (χ0n) is 9.61. The Morgan fingerprint density at radius 3 is 2.81 bits per heavy atom. The van der Waals surface area contributed by atoms with Crippen LogP contribution in [-0.4, -0.2) is 23.5 Å². The fourth-order valence-electron chi connectivity index (χ4n) is 1.82. The van der Waals surface area contributed by atoms with Gasteiger partial charge in [0.25, 0.3) is 0 Å². The van der Waals surface area contributed by atoms with Crippen LogP contribution in [0.3, 0.4) is 0 Å². The molecule has 1 amide bonds. The lowest BCUT2D eigenvalue weighted by molar-refractivity contribution is -0.141. The molecule has 0 heterocycles. The zero-order valence-corrected chi connectivity index (χ0v) is 9.61. The van der Waals surface area contributed by atoms with Crippen molar-refractivity contribution < 1.29 is 14.7 Å². The van der Waals surface area contributed by atoms with Crippen LogP contribution in [0, 0.1) is 11.8 Å². The summed E-state index contributed by atoms with van der Waals surface area (Å²) in [6.45, 7) is 2.05. The molecular weight excluding hydrogens is 206 g/mol. The highest BCUT2D eigenvalue weighted by Crippen LogP contribution is 2.19. The number of rotatable bonds is 6. The number of carboxylic acid groups (broad SMARTS) is 1. The van der Waals surface area contributed by atoms with Crippen molar-refractivity contribution in [1.29, 1.82) is 0 Å². The number of amides is 1. The van der Waals surface area contributed by atoms with Gasteiger partial charge in [0, 0.05) is 13.0 Å². The van der Waals surface area contributed by atoms with E-state index in [2.05, 4.69) is 17.5 Å². The summed E-state index contributed by atoms with van der Waals surface area (Å²) >= 11 is 0. The zero-order chi connectivity index (χ0) is 12.0. The largest absolute Gasteiger partial charge is 0.481 e. The molecule has 0 aromatic carbocycles. The van der Waals surface area contributed by atoms with Crippen LogP contribution in [-0.2, 0) is 9.59 Å². The first kappa shape index (κ1) is 12.7. The summed E-state index contributed by atoms with van der Waals surface area (Å²) < 4.78 is 0. The van der Waals surface area contributed by atoms with E-state index in [0.717, 1.165) is 12.8 Å². The first-order valence-corrected chi connectivity index (χ1v) is 5.79. The fraction of sp³-hybridized carbons (Fsp3) is 0.667. The maximum absolute atomic E-state index is 11.5. The minimum absolute atomic E-state index is 0.0451. The monoisotopic (exact) mass is 225 g/mol. The summed E-state index contributed by atoms with van der Waals surface area (Å²) in [4.78, 5) is 22.2. The van der Waals surface area contributed by atoms with Gasteiger partial charge in [-0.1, -0.05) is 19.1 Å². The number of nitrogens with one attached hydrogen (secondary N) is 1. The average molecular weight is 225 g/mol. The van der Waals surface area contributed by atoms with Crippen molar-refractivity contribution in [3.8, 4) is 0 Å². The smallest absolute Gasteiger partial charge is 0.308 e. The van der Waals surface area contributed by atoms with Crippen molar-refractivity contribution in [3.05, 3.63) is 12.2 Å². The highest BCUT2D eigenvalue weighted by Gasteiger charge is 2.18. The van der Waals surface area contributed by atoms with Crippen LogP contribution < -0.4 is 5.32 Å². The molecule has 90 valence electrons. The molecule has 0 aromatic rings. The van der Waals surface area contributed by atoms with Gasteiger partial charge in [-0.3, -0.25) is 9.59 Å². The molecule has 1 aliphatic carbocycles. The number of carboxylic acids is 1. The van der Waals surface area contributed by atoms with Gasteiger partial charge in [0.05, 0.1) is 5.92 Å². The molecule has 1 aliphatic rings. The highest BCUT2D eigenvalue weighted by atomic mass is 16.4. The molecule has 0 saturated carbocycles. The van der Waals surface area contributed by atoms with Crippen molar-refractivity contribution in [2.45, 2.75) is 32.6 Å². The van der Waals surface area contributed by atoms with Gasteiger partial charge in [-0.15, -0.1) is 0 Å². The van der Waals surface area contributed by atoms with Gasteiger partial charge < -0.3 is 10.4 Å². The highest BCUT2D eigenvalue weighted by molar-refractivity contribution is 5.77. The first-order valence-electron chi connectivity index (χ1n) is 5.79. The summed E-state index contributed by atoms with van der Waals surface area (Å²) in [5, 5.41) is 11.5. The van der Waals surface area contributed by atoms with E-state index in [4.69, 9.17) is 5.11 Å². The number of carbonyl (C=O) groups is 2. The number of carbonyl (C=O) groups excluding carboxylic acids is 1. The topological polar surface area (TPSA) is 66.4 Å². The second kappa shape index (κ2) is 6.30. The predicted octanol–water partition coefficient (Wildman–Crippen LogP) is 1.57. The van der Waals surface area contributed by atoms with Crippen LogP contribution in [0.25, 0.3) is 0 Å². The number of hydrogen-bond donors (Lipinski definition) is 2. The fourth-order valence-corrected chi connectivity index (χ4v) is 1.82. The average Bonchev–Trinajstić information content (AvgIpc) is 2.70. The van der Waals surface area contributed by atoms with Gasteiger partial charge in [-0.2, -0.15) is 0 Å². The molecule has 0 saturated heterocycles. The molecule has 2 unspecified atom stereocenters. The Bertz CT molecular complexity index is 286.